The molecule has 0 aliphatic carbocycles. The highest BCUT2D eigenvalue weighted by Crippen LogP contribution is 2.23. The lowest BCUT2D eigenvalue weighted by Gasteiger charge is -2.32. The van der Waals surface area contributed by atoms with Crippen molar-refractivity contribution in [3.8, 4) is 0 Å². The Morgan fingerprint density at radius 1 is 1.28 bits per heavy atom. The highest BCUT2D eigenvalue weighted by Gasteiger charge is 2.40. The van der Waals surface area contributed by atoms with Gasteiger partial charge in [0.05, 0.1) is 5.69 Å². The van der Waals surface area contributed by atoms with Crippen LogP contribution in [0.15, 0.2) is 24.3 Å². The largest absolute Gasteiger partial charge is 0.444 e. The monoisotopic (exact) mass is 470 g/mol. The first kappa shape index (κ1) is 25.4. The molecule has 2 rings (SSSR count). The van der Waals surface area contributed by atoms with E-state index in [2.05, 4.69) is 0 Å². The molecule has 178 valence electrons. The van der Waals surface area contributed by atoms with Gasteiger partial charge in [0.25, 0.3) is 0 Å². The molecule has 3 amide bonds. The van der Waals surface area contributed by atoms with Crippen molar-refractivity contribution in [2.75, 3.05) is 18.3 Å². The van der Waals surface area contributed by atoms with Gasteiger partial charge in [-0.1, -0.05) is 12.1 Å². The summed E-state index contributed by atoms with van der Waals surface area (Å²) < 4.78 is 37.9. The van der Waals surface area contributed by atoms with Crippen LogP contribution >= 0.6 is 0 Å². The topological polar surface area (TPSA) is 159 Å². The number of anilines is 1. The zero-order valence-corrected chi connectivity index (χ0v) is 19.4. The normalized spacial score (nSPS) is 17.5. The third-order valence-electron chi connectivity index (χ3n) is 4.94. The number of nitrogens with two attached hydrogens (primary N) is 1. The first-order valence-corrected chi connectivity index (χ1v) is 11.5. The Balaban J connectivity index is 2.13. The predicted octanol–water partition coefficient (Wildman–Crippen LogP) is 1.16. The van der Waals surface area contributed by atoms with Crippen molar-refractivity contribution in [2.24, 2.45) is 5.73 Å². The summed E-state index contributed by atoms with van der Waals surface area (Å²) in [5.74, 6) is -1.13. The summed E-state index contributed by atoms with van der Waals surface area (Å²) in [5.41, 5.74) is 5.60. The minimum Gasteiger partial charge on any atom is -0.444 e. The van der Waals surface area contributed by atoms with Crippen LogP contribution < -0.4 is 10.5 Å². The Hall–Kier alpha value is -2.86. The molecule has 1 heterocycles. The summed E-state index contributed by atoms with van der Waals surface area (Å²) in [6, 6.07) is 4.17. The highest BCUT2D eigenvalue weighted by molar-refractivity contribution is 7.87. The minimum atomic E-state index is -4.40. The molecule has 1 saturated heterocycles. The van der Waals surface area contributed by atoms with Gasteiger partial charge in [0.15, 0.2) is 0 Å². The van der Waals surface area contributed by atoms with E-state index in [1.165, 1.54) is 29.0 Å². The van der Waals surface area contributed by atoms with E-state index in [9.17, 15) is 22.8 Å². The lowest BCUT2D eigenvalue weighted by atomic mass is 10.0. The van der Waals surface area contributed by atoms with Crippen LogP contribution in [-0.4, -0.2) is 72.0 Å². The Kier molecular flexibility index (Phi) is 7.73. The number of rotatable bonds is 7. The van der Waals surface area contributed by atoms with E-state index in [0.717, 1.165) is 0 Å². The van der Waals surface area contributed by atoms with Gasteiger partial charge in [-0.15, -0.1) is 0 Å². The standard InChI is InChI=1S/C20H30N4O7S/c1-20(2,3)31-19(27)24-11-5-6-15(24)18(26)23(4)16(17(21)25)12-13-7-9-14(10-8-13)22-32(28,29)30/h7-10,15-16,22H,5-6,11-12H2,1-4H3,(H2,21,25)(H,28,29,30)/t15-,16-/m0/s1. The van der Waals surface area contributed by atoms with Crippen molar-refractivity contribution in [2.45, 2.75) is 57.7 Å². The maximum atomic E-state index is 13.1. The number of benzene rings is 1. The number of nitrogens with zero attached hydrogens (tertiary/aromatic N) is 2. The van der Waals surface area contributed by atoms with Crippen LogP contribution in [0, 0.1) is 0 Å². The predicted molar refractivity (Wildman–Crippen MR) is 117 cm³/mol. The van der Waals surface area contributed by atoms with Crippen molar-refractivity contribution in [1.29, 1.82) is 0 Å². The fourth-order valence-corrected chi connectivity index (χ4v) is 3.89. The Bertz CT molecular complexity index is 957. The second kappa shape index (κ2) is 9.74. The molecule has 0 spiro atoms. The van der Waals surface area contributed by atoms with Crippen LogP contribution in [0.1, 0.15) is 39.2 Å². The molecule has 1 aromatic carbocycles. The van der Waals surface area contributed by atoms with Crippen LogP contribution in [0.3, 0.4) is 0 Å². The quantitative estimate of drug-likeness (QED) is 0.504. The highest BCUT2D eigenvalue weighted by atomic mass is 32.2. The van der Waals surface area contributed by atoms with Crippen molar-refractivity contribution in [3.05, 3.63) is 29.8 Å². The second-order valence-corrected chi connectivity index (χ2v) is 9.83. The van der Waals surface area contributed by atoms with Crippen molar-refractivity contribution >= 4 is 33.9 Å². The van der Waals surface area contributed by atoms with Gasteiger partial charge in [-0.2, -0.15) is 8.42 Å². The van der Waals surface area contributed by atoms with Gasteiger partial charge in [-0.05, 0) is 51.3 Å². The molecule has 32 heavy (non-hydrogen) atoms. The molecule has 1 fully saturated rings. The number of primary amides is 1. The molecule has 0 aromatic heterocycles. The summed E-state index contributed by atoms with van der Waals surface area (Å²) in [5, 5.41) is 0. The third-order valence-corrected chi connectivity index (χ3v) is 5.43. The van der Waals surface area contributed by atoms with E-state index in [0.29, 0.717) is 24.9 Å². The zero-order chi connectivity index (χ0) is 24.3. The Morgan fingerprint density at radius 3 is 2.38 bits per heavy atom. The van der Waals surface area contributed by atoms with E-state index in [4.69, 9.17) is 15.0 Å². The van der Waals surface area contributed by atoms with Crippen LogP contribution in [0.2, 0.25) is 0 Å². The number of amides is 3. The molecular weight excluding hydrogens is 440 g/mol. The molecule has 1 aliphatic rings. The van der Waals surface area contributed by atoms with Gasteiger partial charge in [0.1, 0.15) is 17.7 Å². The fourth-order valence-electron chi connectivity index (χ4n) is 3.46. The maximum absolute atomic E-state index is 13.1. The van der Waals surface area contributed by atoms with Crippen molar-refractivity contribution < 1.29 is 32.1 Å². The van der Waals surface area contributed by atoms with Crippen molar-refractivity contribution in [3.63, 3.8) is 0 Å². The van der Waals surface area contributed by atoms with Crippen LogP contribution in [-0.2, 0) is 31.1 Å². The number of likely N-dealkylation sites (N-methyl/N-ethyl adjacent to an activating group) is 1. The van der Waals surface area contributed by atoms with E-state index in [1.807, 2.05) is 4.72 Å². The molecule has 1 aliphatic heterocycles. The van der Waals surface area contributed by atoms with E-state index in [-0.39, 0.29) is 12.1 Å². The lowest BCUT2D eigenvalue weighted by Crippen LogP contribution is -2.54. The maximum Gasteiger partial charge on any atom is 0.410 e. The summed E-state index contributed by atoms with van der Waals surface area (Å²) in [7, 11) is -2.95. The molecule has 2 atom stereocenters. The fraction of sp³-hybridized carbons (Fsp3) is 0.550. The molecular formula is C20H30N4O7S. The molecule has 0 radical (unpaired) electrons. The first-order valence-electron chi connectivity index (χ1n) is 10.1. The van der Waals surface area contributed by atoms with E-state index < -0.39 is 45.9 Å². The Labute approximate surface area is 187 Å². The smallest absolute Gasteiger partial charge is 0.410 e. The summed E-state index contributed by atoms with van der Waals surface area (Å²) in [6.45, 7) is 5.60. The molecule has 0 saturated carbocycles. The van der Waals surface area contributed by atoms with Gasteiger partial charge < -0.3 is 15.4 Å². The Morgan fingerprint density at radius 2 is 1.88 bits per heavy atom. The number of ether oxygens (including phenoxy) is 1. The molecule has 12 heteroatoms. The average Bonchev–Trinajstić information content (AvgIpc) is 3.13. The van der Waals surface area contributed by atoms with Gasteiger partial charge in [-0.3, -0.25) is 23.8 Å². The van der Waals surface area contributed by atoms with Gasteiger partial charge in [0, 0.05) is 20.0 Å². The number of hydrogen-bond donors (Lipinski definition) is 3. The number of nitrogens with one attached hydrogen (secondary N) is 1. The van der Waals surface area contributed by atoms with E-state index >= 15 is 0 Å². The molecule has 11 nitrogen and oxygen atoms in total. The summed E-state index contributed by atoms with van der Waals surface area (Å²) in [6.07, 6.45) is 0.582. The van der Waals surface area contributed by atoms with Crippen LogP contribution in [0.25, 0.3) is 0 Å². The van der Waals surface area contributed by atoms with Gasteiger partial charge >= 0.3 is 16.4 Å². The number of carbonyl (C=O) groups is 3. The van der Waals surface area contributed by atoms with Gasteiger partial charge in [0.2, 0.25) is 11.8 Å². The first-order chi connectivity index (χ1) is 14.7. The van der Waals surface area contributed by atoms with Crippen LogP contribution in [0.5, 0.6) is 0 Å². The van der Waals surface area contributed by atoms with Crippen LogP contribution in [0.4, 0.5) is 10.5 Å². The molecule has 0 unspecified atom stereocenters. The van der Waals surface area contributed by atoms with Gasteiger partial charge in [-0.25, -0.2) is 4.79 Å². The molecule has 1 aromatic rings. The number of hydrogen-bond acceptors (Lipinski definition) is 6. The number of carbonyl (C=O) groups excluding carboxylic acids is 3. The molecule has 4 N–H and O–H groups in total. The van der Waals surface area contributed by atoms with E-state index in [1.54, 1.807) is 32.9 Å². The number of likely N-dealkylation sites (tertiary alicyclic amines) is 1. The minimum absolute atomic E-state index is 0.0862. The lowest BCUT2D eigenvalue weighted by molar-refractivity contribution is -0.141. The summed E-state index contributed by atoms with van der Waals surface area (Å²) in [4.78, 5) is 40.4. The SMILES string of the molecule is CN(C(=O)[C@@H]1CCCN1C(=O)OC(C)(C)C)[C@@H](Cc1ccc(NS(=O)(=O)O)cc1)C(N)=O. The zero-order valence-electron chi connectivity index (χ0n) is 18.6. The third kappa shape index (κ3) is 7.09. The second-order valence-electron chi connectivity index (χ2n) is 8.68. The summed E-state index contributed by atoms with van der Waals surface area (Å²) >= 11 is 0. The van der Waals surface area contributed by atoms with Crippen molar-refractivity contribution in [1.82, 2.24) is 9.80 Å². The average molecular weight is 471 g/mol. The molecule has 0 bridgehead atoms.